The summed E-state index contributed by atoms with van der Waals surface area (Å²) in [5.74, 6) is -1.33. The summed E-state index contributed by atoms with van der Waals surface area (Å²) in [5.41, 5.74) is -0.818. The molecule has 0 amide bonds. The van der Waals surface area contributed by atoms with E-state index >= 15 is 34.5 Å². The molecule has 8 aromatic rings. The van der Waals surface area contributed by atoms with Gasteiger partial charge in [-0.15, -0.1) is 45.3 Å². The van der Waals surface area contributed by atoms with Gasteiger partial charge >= 0.3 is 29.6 Å². The van der Waals surface area contributed by atoms with E-state index in [1.54, 1.807) is 108 Å². The number of hydrogen-bond donors (Lipinski definition) is 0. The van der Waals surface area contributed by atoms with E-state index in [9.17, 15) is 0 Å². The highest BCUT2D eigenvalue weighted by Crippen LogP contribution is 2.54. The minimum atomic E-state index is -3.29. The first-order chi connectivity index (χ1) is 37.0. The molecule has 0 bridgehead atoms. The Morgan fingerprint density at radius 1 is 0.316 bits per heavy atom. The third-order valence-electron chi connectivity index (χ3n) is 11.9. The zero-order valence-electron chi connectivity index (χ0n) is 38.3. The van der Waals surface area contributed by atoms with E-state index in [-0.39, 0.29) is 101 Å². The molecular formula is C48H26B4F8N12S4. The molecule has 0 spiro atoms. The smallest absolute Gasteiger partial charge is 0.308 e. The lowest BCUT2D eigenvalue weighted by atomic mass is 10.1. The molecule has 8 aromatic heterocycles. The highest BCUT2D eigenvalue weighted by Gasteiger charge is 2.56. The van der Waals surface area contributed by atoms with Gasteiger partial charge in [0.2, 0.25) is 0 Å². The molecule has 0 aliphatic carbocycles. The summed E-state index contributed by atoms with van der Waals surface area (Å²) in [6, 6.07) is 31.8. The predicted molar refractivity (Wildman–Crippen MR) is 289 cm³/mol. The van der Waals surface area contributed by atoms with Crippen molar-refractivity contribution in [3.63, 3.8) is 0 Å². The lowest BCUT2D eigenvalue weighted by molar-refractivity contribution is 0.567. The van der Waals surface area contributed by atoms with E-state index in [4.69, 9.17) is 0 Å². The van der Waals surface area contributed by atoms with E-state index in [0.717, 1.165) is 45.3 Å². The molecule has 4 aliphatic rings. The van der Waals surface area contributed by atoms with Gasteiger partial charge in [-0.2, -0.15) is 0 Å². The fraction of sp³-hybridized carbons (Fsp3) is 0. The maximum atomic E-state index is 16.1. The van der Waals surface area contributed by atoms with Crippen molar-refractivity contribution in [3.05, 3.63) is 199 Å². The predicted octanol–water partition coefficient (Wildman–Crippen LogP) is 13.3. The van der Waals surface area contributed by atoms with E-state index in [1.165, 1.54) is 49.1 Å². The van der Waals surface area contributed by atoms with E-state index in [2.05, 4.69) is 39.9 Å². The van der Waals surface area contributed by atoms with Gasteiger partial charge in [-0.3, -0.25) is 34.5 Å². The second-order valence-corrected chi connectivity index (χ2v) is 20.3. The number of amidine groups is 4. The Morgan fingerprint density at radius 3 is 0.829 bits per heavy atom. The summed E-state index contributed by atoms with van der Waals surface area (Å²) in [4.78, 5) is 40.1. The van der Waals surface area contributed by atoms with Gasteiger partial charge in [-0.05, 0) is 95.7 Å². The van der Waals surface area contributed by atoms with E-state index in [0.29, 0.717) is 38.8 Å². The van der Waals surface area contributed by atoms with Crippen LogP contribution in [0.25, 0.3) is 32.5 Å². The van der Waals surface area contributed by atoms with Crippen LogP contribution in [-0.2, 0) is 0 Å². The Hall–Kier alpha value is -8.06. The summed E-state index contributed by atoms with van der Waals surface area (Å²) >= 11 is 4.28. The summed E-state index contributed by atoms with van der Waals surface area (Å²) in [7, 11) is -13.0. The quantitative estimate of drug-likeness (QED) is 0.0828. The van der Waals surface area contributed by atoms with Crippen molar-refractivity contribution in [2.45, 2.75) is 0 Å². The highest BCUT2D eigenvalue weighted by atomic mass is 32.1. The molecule has 0 aromatic carbocycles. The van der Waals surface area contributed by atoms with Gasteiger partial charge in [0, 0.05) is 34.5 Å². The molecular weight excluding hydrogens is 1070 g/mol. The molecule has 0 radical (unpaired) electrons. The largest absolute Gasteiger partial charge is 0.679 e. The van der Waals surface area contributed by atoms with E-state index in [1.807, 2.05) is 0 Å². The molecule has 0 atom stereocenters. The molecule has 0 saturated carbocycles. The van der Waals surface area contributed by atoms with Gasteiger partial charge in [0.1, 0.15) is 23.3 Å². The van der Waals surface area contributed by atoms with Crippen LogP contribution < -0.4 is 0 Å². The molecule has 12 nitrogen and oxygen atoms in total. The molecule has 12 rings (SSSR count). The van der Waals surface area contributed by atoms with Crippen LogP contribution in [0.15, 0.2) is 199 Å². The number of halogens is 8. The highest BCUT2D eigenvalue weighted by molar-refractivity contribution is 7.23. The van der Waals surface area contributed by atoms with Crippen molar-refractivity contribution in [2.75, 3.05) is 0 Å². The first-order valence-electron chi connectivity index (χ1n) is 22.6. The molecule has 370 valence electrons. The SMILES string of the molecule is FB(F)N1C(c2cccs2)=C2C(=C(c3ccc(-c4ccc(C5=C6C(=C(c7cccs7)N(B(F)F)/C6=N\c6ccccn6)/C(=N/c6ccccn6)N5B(F)F)s4)s3)N(B(F)F)/C2=N\c2ccccn2)/C1=N/c1ccccn1. The van der Waals surface area contributed by atoms with Crippen molar-refractivity contribution < 1.29 is 34.5 Å². The molecule has 12 heterocycles. The van der Waals surface area contributed by atoms with Crippen LogP contribution in [0, 0.1) is 0 Å². The van der Waals surface area contributed by atoms with Gasteiger partial charge < -0.3 is 19.2 Å². The third kappa shape index (κ3) is 8.59. The molecule has 76 heavy (non-hydrogen) atoms. The molecule has 0 fully saturated rings. The van der Waals surface area contributed by atoms with Crippen LogP contribution in [0.4, 0.5) is 57.8 Å². The summed E-state index contributed by atoms with van der Waals surface area (Å²) in [5, 5.41) is 3.35. The monoisotopic (exact) mass is 1090 g/mol. The van der Waals surface area contributed by atoms with Gasteiger partial charge in [-0.25, -0.2) is 39.9 Å². The topological polar surface area (TPSA) is 114 Å². The van der Waals surface area contributed by atoms with Crippen LogP contribution in [0.2, 0.25) is 0 Å². The Labute approximate surface area is 444 Å². The van der Waals surface area contributed by atoms with Gasteiger partial charge in [0.05, 0.1) is 64.6 Å². The standard InChI is InChI=1S/C48H26B4F8N12S4/c53-49(54)69-41(29-11-9-25-73-29)37-39(47(69)67-35-15-3-7-23-63-35)43(71(51(57)58)45(37)65-33-13-1-5-21-61-33)31-19-17-27(75-31)28-18-20-32(76-28)44-40-38(46(72(44)52(59)60)66-34-14-2-6-22-62-34)42(30-12-10-26-74-30)70(50(55)56)48(40)68-36-16-4-8-24-64-36/h1-26H/b65-45-,66-46-,67-47-,68-48-. The minimum Gasteiger partial charge on any atom is -0.308 e. The first kappa shape index (κ1) is 48.9. The first-order valence-corrected chi connectivity index (χ1v) is 26.0. The van der Waals surface area contributed by atoms with Crippen LogP contribution in [0.1, 0.15) is 19.5 Å². The number of thiophene rings is 4. The number of hydrogen-bond acceptors (Lipinski definition) is 12. The zero-order chi connectivity index (χ0) is 52.2. The van der Waals surface area contributed by atoms with Crippen LogP contribution in [0.3, 0.4) is 0 Å². The Bertz CT molecular complexity index is 3520. The van der Waals surface area contributed by atoms with Crippen molar-refractivity contribution in [1.29, 1.82) is 0 Å². The molecule has 0 unspecified atom stereocenters. The van der Waals surface area contributed by atoms with Crippen molar-refractivity contribution in [2.24, 2.45) is 20.0 Å². The number of aliphatic imine (C=N–C) groups is 4. The zero-order valence-corrected chi connectivity index (χ0v) is 41.6. The second-order valence-electron chi connectivity index (χ2n) is 16.3. The van der Waals surface area contributed by atoms with E-state index < -0.39 is 29.6 Å². The Balaban J connectivity index is 1.07. The van der Waals surface area contributed by atoms with Crippen LogP contribution >= 0.6 is 45.3 Å². The number of fused-ring (bicyclic) bond motifs is 2. The lowest BCUT2D eigenvalue weighted by Crippen LogP contribution is -2.38. The van der Waals surface area contributed by atoms with Gasteiger partial charge in [-0.1, -0.05) is 36.4 Å². The van der Waals surface area contributed by atoms with Crippen molar-refractivity contribution in [1.82, 2.24) is 39.2 Å². The Kier molecular flexibility index (Phi) is 13.0. The van der Waals surface area contributed by atoms with Gasteiger partial charge in [0.25, 0.3) is 0 Å². The van der Waals surface area contributed by atoms with Crippen molar-refractivity contribution in [3.8, 4) is 9.75 Å². The molecule has 0 saturated heterocycles. The summed E-state index contributed by atoms with van der Waals surface area (Å²) in [6.07, 6.45) is 5.69. The maximum Gasteiger partial charge on any atom is 0.679 e. The second kappa shape index (κ2) is 20.2. The number of nitrogens with zero attached hydrogens (tertiary/aromatic N) is 12. The third-order valence-corrected chi connectivity index (χ3v) is 16.0. The molecule has 4 aliphatic heterocycles. The maximum absolute atomic E-state index is 16.1. The fourth-order valence-corrected chi connectivity index (χ4v) is 12.8. The Morgan fingerprint density at radius 2 is 0.592 bits per heavy atom. The normalized spacial score (nSPS) is 17.5. The molecule has 0 N–H and O–H groups in total. The average molecular weight is 1090 g/mol. The lowest BCUT2D eigenvalue weighted by Gasteiger charge is -2.25. The van der Waals surface area contributed by atoms with Gasteiger partial charge in [0.15, 0.2) is 23.3 Å². The fourth-order valence-electron chi connectivity index (χ4n) is 9.03. The van der Waals surface area contributed by atoms with Crippen LogP contribution in [-0.4, -0.2) is 92.1 Å². The number of aromatic nitrogens is 4. The minimum absolute atomic E-state index is 0.0273. The molecule has 28 heteroatoms. The summed E-state index contributed by atoms with van der Waals surface area (Å²) < 4.78 is 127. The van der Waals surface area contributed by atoms with Crippen LogP contribution in [0.5, 0.6) is 0 Å². The summed E-state index contributed by atoms with van der Waals surface area (Å²) in [6.45, 7) is 0. The average Bonchev–Trinajstić information content (AvgIpc) is 4.43. The number of pyridine rings is 4. The van der Waals surface area contributed by atoms with Crippen molar-refractivity contribution >= 4 is 144 Å². The number of rotatable bonds is 13.